The fourth-order valence-corrected chi connectivity index (χ4v) is 5.47. The quantitative estimate of drug-likeness (QED) is 0.369. The van der Waals surface area contributed by atoms with Crippen LogP contribution in [0.2, 0.25) is 0 Å². The third-order valence-electron chi connectivity index (χ3n) is 8.22. The number of carbonyl (C=O) groups is 3. The highest BCUT2D eigenvalue weighted by Crippen LogP contribution is 2.16. The lowest BCUT2D eigenvalue weighted by atomic mass is 10.0. The molecule has 1 aliphatic rings. The molecule has 3 N–H and O–H groups in total. The van der Waals surface area contributed by atoms with Gasteiger partial charge in [-0.15, -0.1) is 0 Å². The van der Waals surface area contributed by atoms with E-state index in [2.05, 4.69) is 24.5 Å². The molecule has 1 aliphatic heterocycles. The van der Waals surface area contributed by atoms with Gasteiger partial charge in [-0.05, 0) is 52.9 Å². The molecular weight excluding hydrogens is 534 g/mol. The van der Waals surface area contributed by atoms with Crippen molar-refractivity contribution in [1.29, 1.82) is 0 Å². The van der Waals surface area contributed by atoms with E-state index < -0.39 is 0 Å². The van der Waals surface area contributed by atoms with Crippen LogP contribution in [-0.2, 0) is 23.9 Å². The van der Waals surface area contributed by atoms with Gasteiger partial charge < -0.3 is 30.1 Å². The smallest absolute Gasteiger partial charge is 0.305 e. The Bertz CT molecular complexity index is 707. The zero-order chi connectivity index (χ0) is 30.8. The van der Waals surface area contributed by atoms with E-state index in [4.69, 9.17) is 9.47 Å². The molecular formula is C33H63N3O6. The maximum atomic E-state index is 12.8. The number of esters is 2. The van der Waals surface area contributed by atoms with Gasteiger partial charge in [-0.2, -0.15) is 0 Å². The number of amides is 1. The van der Waals surface area contributed by atoms with E-state index in [0.29, 0.717) is 64.6 Å². The van der Waals surface area contributed by atoms with Crippen molar-refractivity contribution in [2.75, 3.05) is 39.5 Å². The minimum absolute atomic E-state index is 0.00652. The summed E-state index contributed by atoms with van der Waals surface area (Å²) >= 11 is 0. The van der Waals surface area contributed by atoms with Crippen LogP contribution in [0.3, 0.4) is 0 Å². The Balaban J connectivity index is 2.45. The topological polar surface area (TPSA) is 117 Å². The van der Waals surface area contributed by atoms with Gasteiger partial charge in [-0.3, -0.25) is 14.4 Å². The van der Waals surface area contributed by atoms with Crippen molar-refractivity contribution in [2.24, 2.45) is 0 Å². The van der Waals surface area contributed by atoms with Crippen LogP contribution in [0.5, 0.6) is 0 Å². The van der Waals surface area contributed by atoms with Crippen LogP contribution in [0.4, 0.5) is 0 Å². The van der Waals surface area contributed by atoms with Gasteiger partial charge in [0.15, 0.2) is 0 Å². The molecule has 1 heterocycles. The van der Waals surface area contributed by atoms with E-state index >= 15 is 0 Å². The predicted octanol–water partition coefficient (Wildman–Crippen LogP) is 5.27. The third kappa shape index (κ3) is 21.1. The van der Waals surface area contributed by atoms with Crippen LogP contribution in [0.25, 0.3) is 0 Å². The summed E-state index contributed by atoms with van der Waals surface area (Å²) in [6, 6.07) is 0.685. The molecule has 1 fully saturated rings. The second kappa shape index (κ2) is 25.8. The van der Waals surface area contributed by atoms with Gasteiger partial charge in [0.1, 0.15) is 13.2 Å². The highest BCUT2D eigenvalue weighted by atomic mass is 16.5. The van der Waals surface area contributed by atoms with Gasteiger partial charge in [0.2, 0.25) is 5.91 Å². The van der Waals surface area contributed by atoms with E-state index in [1.165, 1.54) is 19.3 Å². The summed E-state index contributed by atoms with van der Waals surface area (Å²) in [5.74, 6) is -0.163. The highest BCUT2D eigenvalue weighted by molar-refractivity contribution is 5.76. The van der Waals surface area contributed by atoms with Crippen LogP contribution in [0.15, 0.2) is 0 Å². The number of ether oxygens (including phenoxy) is 2. The first kappa shape index (κ1) is 38.3. The molecule has 1 saturated heterocycles. The molecule has 246 valence electrons. The zero-order valence-corrected chi connectivity index (χ0v) is 27.1. The molecule has 0 aromatic carbocycles. The normalized spacial score (nSPS) is 26.6. The van der Waals surface area contributed by atoms with Gasteiger partial charge in [0.25, 0.3) is 0 Å². The molecule has 1 amide bonds. The van der Waals surface area contributed by atoms with Crippen molar-refractivity contribution in [1.82, 2.24) is 15.5 Å². The molecule has 3 atom stereocenters. The fraction of sp³-hybridized carbons (Fsp3) is 0.909. The van der Waals surface area contributed by atoms with E-state index in [1.54, 1.807) is 0 Å². The standard InChI is InChI=1S/C33H63N3O6/c1-28-16-12-8-4-6-10-14-18-31(38)36(24-25-37)30(3)17-13-9-5-7-11-15-19-32(39)41-26-23-35-29(2)20-21-33(40)42-27-22-34-28/h28-30,34-35,37H,4-27H2,1-3H3. The van der Waals surface area contributed by atoms with Gasteiger partial charge >= 0.3 is 11.9 Å². The first-order chi connectivity index (χ1) is 20.3. The number of nitrogens with zero attached hydrogens (tertiary/aromatic N) is 1. The summed E-state index contributed by atoms with van der Waals surface area (Å²) in [6.45, 7) is 8.68. The SMILES string of the molecule is CC1CCCCCCCCC(=O)N(CCO)C(C)CCCCCCCCC(=O)OCCNC(C)CCC(=O)OCCN1. The predicted molar refractivity (Wildman–Crippen MR) is 168 cm³/mol. The van der Waals surface area contributed by atoms with Crippen LogP contribution in [-0.4, -0.2) is 85.4 Å². The van der Waals surface area contributed by atoms with Crippen LogP contribution >= 0.6 is 0 Å². The lowest BCUT2D eigenvalue weighted by molar-refractivity contribution is -0.144. The number of aliphatic hydroxyl groups is 1. The van der Waals surface area contributed by atoms with Crippen molar-refractivity contribution >= 4 is 17.8 Å². The monoisotopic (exact) mass is 597 g/mol. The van der Waals surface area contributed by atoms with Crippen molar-refractivity contribution in [2.45, 2.75) is 154 Å². The highest BCUT2D eigenvalue weighted by Gasteiger charge is 2.19. The lowest BCUT2D eigenvalue weighted by Crippen LogP contribution is -2.40. The van der Waals surface area contributed by atoms with Gasteiger partial charge in [-0.1, -0.05) is 64.2 Å². The van der Waals surface area contributed by atoms with E-state index in [9.17, 15) is 19.5 Å². The van der Waals surface area contributed by atoms with Crippen molar-refractivity contribution in [3.63, 3.8) is 0 Å². The van der Waals surface area contributed by atoms with Crippen LogP contribution < -0.4 is 10.6 Å². The minimum atomic E-state index is -0.177. The fourth-order valence-electron chi connectivity index (χ4n) is 5.47. The Kier molecular flexibility index (Phi) is 23.5. The largest absolute Gasteiger partial charge is 0.464 e. The number of carbonyl (C=O) groups excluding carboxylic acids is 3. The molecule has 0 spiro atoms. The summed E-state index contributed by atoms with van der Waals surface area (Å²) in [4.78, 5) is 38.8. The summed E-state index contributed by atoms with van der Waals surface area (Å²) in [6.07, 6.45) is 17.1. The molecule has 1 rings (SSSR count). The minimum Gasteiger partial charge on any atom is -0.464 e. The molecule has 9 nitrogen and oxygen atoms in total. The van der Waals surface area contributed by atoms with Crippen molar-refractivity contribution < 1.29 is 29.0 Å². The Morgan fingerprint density at radius 2 is 1.12 bits per heavy atom. The first-order valence-corrected chi connectivity index (χ1v) is 17.0. The van der Waals surface area contributed by atoms with E-state index in [0.717, 1.165) is 70.6 Å². The summed E-state index contributed by atoms with van der Waals surface area (Å²) in [7, 11) is 0. The Hall–Kier alpha value is -1.71. The number of β-amino-alcohol motifs (C(OH)–C–C–N with tert-alkyl or cyclic N) is 1. The van der Waals surface area contributed by atoms with Gasteiger partial charge in [0, 0.05) is 57.0 Å². The molecule has 42 heavy (non-hydrogen) atoms. The number of aliphatic hydroxyl groups excluding tert-OH is 1. The molecule has 0 aromatic rings. The molecule has 0 aromatic heterocycles. The maximum absolute atomic E-state index is 12.8. The summed E-state index contributed by atoms with van der Waals surface area (Å²) in [5.41, 5.74) is 0. The van der Waals surface area contributed by atoms with Crippen molar-refractivity contribution in [3.05, 3.63) is 0 Å². The second-order valence-corrected chi connectivity index (χ2v) is 12.2. The Labute approximate surface area is 256 Å². The maximum Gasteiger partial charge on any atom is 0.305 e. The number of cyclic esters (lactones) is 2. The zero-order valence-electron chi connectivity index (χ0n) is 27.1. The summed E-state index contributed by atoms with van der Waals surface area (Å²) in [5, 5.41) is 16.3. The molecule has 9 heteroatoms. The number of rotatable bonds is 2. The number of hydrogen-bond donors (Lipinski definition) is 3. The van der Waals surface area contributed by atoms with Gasteiger partial charge in [0.05, 0.1) is 6.61 Å². The van der Waals surface area contributed by atoms with Crippen LogP contribution in [0, 0.1) is 0 Å². The Morgan fingerprint density at radius 1 is 0.643 bits per heavy atom. The molecule has 0 radical (unpaired) electrons. The van der Waals surface area contributed by atoms with Crippen molar-refractivity contribution in [3.8, 4) is 0 Å². The first-order valence-electron chi connectivity index (χ1n) is 17.0. The average molecular weight is 598 g/mol. The molecule has 3 unspecified atom stereocenters. The van der Waals surface area contributed by atoms with Crippen LogP contribution in [0.1, 0.15) is 136 Å². The average Bonchev–Trinajstić information content (AvgIpc) is 2.97. The second-order valence-electron chi connectivity index (χ2n) is 12.2. The number of hydrogen-bond acceptors (Lipinski definition) is 8. The molecule has 0 aliphatic carbocycles. The van der Waals surface area contributed by atoms with E-state index in [-0.39, 0.29) is 36.5 Å². The van der Waals surface area contributed by atoms with Gasteiger partial charge in [-0.25, -0.2) is 0 Å². The Morgan fingerprint density at radius 3 is 1.71 bits per heavy atom. The molecule has 0 bridgehead atoms. The summed E-state index contributed by atoms with van der Waals surface area (Å²) < 4.78 is 10.7. The van der Waals surface area contributed by atoms with E-state index in [1.807, 2.05) is 11.8 Å². The molecule has 0 saturated carbocycles. The third-order valence-corrected chi connectivity index (χ3v) is 8.22. The number of nitrogens with one attached hydrogen (secondary N) is 2. The lowest BCUT2D eigenvalue weighted by Gasteiger charge is -2.29.